The molecule has 1 aromatic rings. The van der Waals surface area contributed by atoms with Gasteiger partial charge in [-0.25, -0.2) is 4.39 Å². The second kappa shape index (κ2) is 6.35. The van der Waals surface area contributed by atoms with Crippen molar-refractivity contribution in [2.45, 2.75) is 38.3 Å². The van der Waals surface area contributed by atoms with Crippen LogP contribution < -0.4 is 10.5 Å². The van der Waals surface area contributed by atoms with Crippen LogP contribution >= 0.6 is 0 Å². The maximum atomic E-state index is 13.8. The number of rotatable bonds is 4. The molecular weight excluding hydrogens is 243 g/mol. The highest BCUT2D eigenvalue weighted by molar-refractivity contribution is 5.36. The largest absolute Gasteiger partial charge is 0.492 e. The van der Waals surface area contributed by atoms with Gasteiger partial charge in [-0.15, -0.1) is 0 Å². The minimum absolute atomic E-state index is 0.288. The van der Waals surface area contributed by atoms with Gasteiger partial charge in [0.15, 0.2) is 0 Å². The quantitative estimate of drug-likeness (QED) is 0.910. The standard InChI is InChI=1S/C15H23FN2O/c1-11(17)15-13(16)7-5-8-14(15)19-10-12-6-3-4-9-18(12)2/h5,7-8,11-12H,3-4,6,9-10,17H2,1-2H3. The molecule has 0 radical (unpaired) electrons. The highest BCUT2D eigenvalue weighted by atomic mass is 19.1. The van der Waals surface area contributed by atoms with Gasteiger partial charge in [-0.2, -0.15) is 0 Å². The Kier molecular flexibility index (Phi) is 4.77. The molecule has 1 saturated heterocycles. The molecule has 2 rings (SSSR count). The SMILES string of the molecule is CC(N)c1c(F)cccc1OCC1CCCCN1C. The maximum absolute atomic E-state index is 13.8. The second-order valence-corrected chi connectivity index (χ2v) is 5.38. The minimum atomic E-state index is -0.361. The van der Waals surface area contributed by atoms with E-state index in [9.17, 15) is 4.39 Å². The molecule has 1 aliphatic heterocycles. The number of piperidine rings is 1. The normalized spacial score (nSPS) is 22.2. The molecule has 19 heavy (non-hydrogen) atoms. The van der Waals surface area contributed by atoms with E-state index in [2.05, 4.69) is 11.9 Å². The van der Waals surface area contributed by atoms with E-state index >= 15 is 0 Å². The van der Waals surface area contributed by atoms with Gasteiger partial charge in [0.2, 0.25) is 0 Å². The van der Waals surface area contributed by atoms with Crippen molar-refractivity contribution in [3.63, 3.8) is 0 Å². The zero-order valence-corrected chi connectivity index (χ0v) is 11.7. The average molecular weight is 266 g/mol. The van der Waals surface area contributed by atoms with Crippen LogP contribution in [0.3, 0.4) is 0 Å². The third-order valence-corrected chi connectivity index (χ3v) is 3.82. The molecule has 0 aromatic heterocycles. The van der Waals surface area contributed by atoms with Crippen molar-refractivity contribution in [3.8, 4) is 5.75 Å². The Hall–Kier alpha value is -1.13. The first kappa shape index (κ1) is 14.3. The van der Waals surface area contributed by atoms with E-state index in [1.807, 2.05) is 0 Å². The van der Waals surface area contributed by atoms with Gasteiger partial charge < -0.3 is 15.4 Å². The van der Waals surface area contributed by atoms with Crippen molar-refractivity contribution >= 4 is 0 Å². The third kappa shape index (κ3) is 3.45. The predicted octanol–water partition coefficient (Wildman–Crippen LogP) is 2.71. The Morgan fingerprint density at radius 3 is 2.95 bits per heavy atom. The summed E-state index contributed by atoms with van der Waals surface area (Å²) >= 11 is 0. The minimum Gasteiger partial charge on any atom is -0.492 e. The number of ether oxygens (including phenoxy) is 1. The third-order valence-electron chi connectivity index (χ3n) is 3.82. The van der Waals surface area contributed by atoms with Crippen molar-refractivity contribution < 1.29 is 9.13 Å². The number of likely N-dealkylation sites (N-methyl/N-ethyl adjacent to an activating group) is 1. The summed E-state index contributed by atoms with van der Waals surface area (Å²) in [5.41, 5.74) is 6.29. The van der Waals surface area contributed by atoms with Crippen LogP contribution in [0.25, 0.3) is 0 Å². The molecule has 2 N–H and O–H groups in total. The topological polar surface area (TPSA) is 38.5 Å². The lowest BCUT2D eigenvalue weighted by molar-refractivity contribution is 0.124. The van der Waals surface area contributed by atoms with E-state index in [4.69, 9.17) is 10.5 Å². The molecule has 2 atom stereocenters. The van der Waals surface area contributed by atoms with E-state index < -0.39 is 0 Å². The molecule has 0 amide bonds. The Morgan fingerprint density at radius 2 is 2.26 bits per heavy atom. The zero-order valence-electron chi connectivity index (χ0n) is 11.7. The fraction of sp³-hybridized carbons (Fsp3) is 0.600. The Balaban J connectivity index is 2.05. The Bertz CT molecular complexity index is 423. The molecule has 106 valence electrons. The maximum Gasteiger partial charge on any atom is 0.131 e. The lowest BCUT2D eigenvalue weighted by Crippen LogP contribution is -2.40. The Labute approximate surface area is 114 Å². The smallest absolute Gasteiger partial charge is 0.131 e. The van der Waals surface area contributed by atoms with Gasteiger partial charge in [0.25, 0.3) is 0 Å². The summed E-state index contributed by atoms with van der Waals surface area (Å²) in [7, 11) is 2.12. The van der Waals surface area contributed by atoms with Crippen LogP contribution in [0, 0.1) is 5.82 Å². The molecule has 0 spiro atoms. The summed E-state index contributed by atoms with van der Waals surface area (Å²) in [4.78, 5) is 2.31. The van der Waals surface area contributed by atoms with Crippen LogP contribution in [0.2, 0.25) is 0 Å². The fourth-order valence-corrected chi connectivity index (χ4v) is 2.63. The fourth-order valence-electron chi connectivity index (χ4n) is 2.63. The van der Waals surface area contributed by atoms with E-state index in [0.717, 1.165) is 13.0 Å². The lowest BCUT2D eigenvalue weighted by Gasteiger charge is -2.32. The molecule has 1 heterocycles. The van der Waals surface area contributed by atoms with Crippen LogP contribution in [0.15, 0.2) is 18.2 Å². The molecule has 2 unspecified atom stereocenters. The number of nitrogens with two attached hydrogens (primary N) is 1. The van der Waals surface area contributed by atoms with Crippen LogP contribution in [0.5, 0.6) is 5.75 Å². The zero-order chi connectivity index (χ0) is 13.8. The molecule has 1 aromatic carbocycles. The Morgan fingerprint density at radius 1 is 1.47 bits per heavy atom. The number of halogens is 1. The van der Waals surface area contributed by atoms with E-state index in [-0.39, 0.29) is 11.9 Å². The number of hydrogen-bond acceptors (Lipinski definition) is 3. The average Bonchev–Trinajstić information content (AvgIpc) is 2.37. The van der Waals surface area contributed by atoms with Gasteiger partial charge in [-0.1, -0.05) is 12.5 Å². The summed E-state index contributed by atoms with van der Waals surface area (Å²) in [5.74, 6) is 0.290. The predicted molar refractivity (Wildman–Crippen MR) is 74.8 cm³/mol. The number of likely N-dealkylation sites (tertiary alicyclic amines) is 1. The first-order chi connectivity index (χ1) is 9.09. The molecule has 1 aliphatic rings. The molecule has 0 bridgehead atoms. The summed E-state index contributed by atoms with van der Waals surface area (Å²) in [6.45, 7) is 3.48. The summed E-state index contributed by atoms with van der Waals surface area (Å²) in [6.07, 6.45) is 3.62. The number of nitrogens with zero attached hydrogens (tertiary/aromatic N) is 1. The van der Waals surface area contributed by atoms with E-state index in [1.54, 1.807) is 19.1 Å². The van der Waals surface area contributed by atoms with Gasteiger partial charge in [0.1, 0.15) is 18.2 Å². The monoisotopic (exact) mass is 266 g/mol. The molecule has 4 heteroatoms. The molecular formula is C15H23FN2O. The highest BCUT2D eigenvalue weighted by Gasteiger charge is 2.21. The van der Waals surface area contributed by atoms with Gasteiger partial charge in [0.05, 0.1) is 0 Å². The van der Waals surface area contributed by atoms with Crippen molar-refractivity contribution in [1.29, 1.82) is 0 Å². The van der Waals surface area contributed by atoms with Crippen molar-refractivity contribution in [2.24, 2.45) is 5.73 Å². The summed E-state index contributed by atoms with van der Waals surface area (Å²) < 4.78 is 19.6. The molecule has 0 saturated carbocycles. The lowest BCUT2D eigenvalue weighted by atomic mass is 10.0. The van der Waals surface area contributed by atoms with Crippen molar-refractivity contribution in [2.75, 3.05) is 20.2 Å². The van der Waals surface area contributed by atoms with Crippen LogP contribution in [-0.4, -0.2) is 31.1 Å². The van der Waals surface area contributed by atoms with Crippen LogP contribution in [-0.2, 0) is 0 Å². The van der Waals surface area contributed by atoms with Gasteiger partial charge in [-0.05, 0) is 45.5 Å². The van der Waals surface area contributed by atoms with Crippen LogP contribution in [0.4, 0.5) is 4.39 Å². The van der Waals surface area contributed by atoms with Gasteiger partial charge in [-0.3, -0.25) is 0 Å². The summed E-state index contributed by atoms with van der Waals surface area (Å²) in [6, 6.07) is 4.95. The van der Waals surface area contributed by atoms with E-state index in [0.29, 0.717) is 24.0 Å². The summed E-state index contributed by atoms with van der Waals surface area (Å²) in [5, 5.41) is 0. The van der Waals surface area contributed by atoms with E-state index in [1.165, 1.54) is 18.9 Å². The number of hydrogen-bond donors (Lipinski definition) is 1. The molecule has 0 aliphatic carbocycles. The molecule has 1 fully saturated rings. The van der Waals surface area contributed by atoms with Crippen molar-refractivity contribution in [1.82, 2.24) is 4.90 Å². The van der Waals surface area contributed by atoms with Gasteiger partial charge in [0, 0.05) is 17.6 Å². The van der Waals surface area contributed by atoms with Gasteiger partial charge >= 0.3 is 0 Å². The highest BCUT2D eigenvalue weighted by Crippen LogP contribution is 2.27. The van der Waals surface area contributed by atoms with Crippen molar-refractivity contribution in [3.05, 3.63) is 29.6 Å². The number of benzene rings is 1. The first-order valence-corrected chi connectivity index (χ1v) is 6.96. The molecule has 3 nitrogen and oxygen atoms in total. The van der Waals surface area contributed by atoms with Crippen LogP contribution in [0.1, 0.15) is 37.8 Å². The first-order valence-electron chi connectivity index (χ1n) is 6.96. The second-order valence-electron chi connectivity index (χ2n) is 5.38.